The number of nitrogens with zero attached hydrogens (tertiary/aromatic N) is 3. The standard InChI is InChI=1S/C19H19F3N6O5/c1-3-9-8-27(17(30)26-9)16-25-7-12(33-18(31)32)14(23)28(16)13-10(15(29)24-2)5-4-6-11(13)19(20,21)22/h3-7,9,14H,1,8,23H2,2H3,(H,24,29)(H,26,30)(H,31,32). The van der Waals surface area contributed by atoms with Gasteiger partial charge in [-0.25, -0.2) is 14.6 Å². The minimum Gasteiger partial charge on any atom is -0.449 e. The van der Waals surface area contributed by atoms with Crippen LogP contribution in [0.1, 0.15) is 15.9 Å². The van der Waals surface area contributed by atoms with E-state index in [2.05, 4.69) is 26.9 Å². The number of guanidine groups is 1. The average Bonchev–Trinajstić information content (AvgIpc) is 3.13. The lowest BCUT2D eigenvalue weighted by atomic mass is 10.0. The first-order valence-electron chi connectivity index (χ1n) is 9.36. The van der Waals surface area contributed by atoms with Crippen LogP contribution in [0.5, 0.6) is 0 Å². The van der Waals surface area contributed by atoms with Crippen molar-refractivity contribution in [2.75, 3.05) is 18.5 Å². The lowest BCUT2D eigenvalue weighted by molar-refractivity contribution is -0.137. The topological polar surface area (TPSA) is 150 Å². The molecule has 1 fully saturated rings. The van der Waals surface area contributed by atoms with Crippen molar-refractivity contribution in [2.45, 2.75) is 18.4 Å². The number of anilines is 1. The maximum Gasteiger partial charge on any atom is 0.511 e. The van der Waals surface area contributed by atoms with Gasteiger partial charge in [0.1, 0.15) is 6.17 Å². The summed E-state index contributed by atoms with van der Waals surface area (Å²) in [5, 5.41) is 13.8. The zero-order valence-corrected chi connectivity index (χ0v) is 17.1. The third kappa shape index (κ3) is 4.45. The Bertz CT molecular complexity index is 1070. The second-order valence-electron chi connectivity index (χ2n) is 6.82. The van der Waals surface area contributed by atoms with Crippen LogP contribution in [0.25, 0.3) is 0 Å². The van der Waals surface area contributed by atoms with Crippen molar-refractivity contribution in [2.24, 2.45) is 10.7 Å². The fourth-order valence-electron chi connectivity index (χ4n) is 3.36. The highest BCUT2D eigenvalue weighted by Gasteiger charge is 2.44. The summed E-state index contributed by atoms with van der Waals surface area (Å²) >= 11 is 0. The molecule has 33 heavy (non-hydrogen) atoms. The number of nitrogens with one attached hydrogen (secondary N) is 2. The van der Waals surface area contributed by atoms with Crippen LogP contribution in [0.15, 0.2) is 47.8 Å². The lowest BCUT2D eigenvalue weighted by Crippen LogP contribution is -2.57. The van der Waals surface area contributed by atoms with Crippen molar-refractivity contribution in [3.8, 4) is 0 Å². The summed E-state index contributed by atoms with van der Waals surface area (Å²) in [5.74, 6) is -1.78. The maximum atomic E-state index is 14.0. The molecule has 176 valence electrons. The monoisotopic (exact) mass is 468 g/mol. The molecule has 1 saturated heterocycles. The van der Waals surface area contributed by atoms with Crippen molar-refractivity contribution >= 4 is 29.7 Å². The molecule has 2 aliphatic heterocycles. The highest BCUT2D eigenvalue weighted by atomic mass is 19.4. The van der Waals surface area contributed by atoms with Crippen LogP contribution in [0.4, 0.5) is 28.4 Å². The molecular weight excluding hydrogens is 449 g/mol. The smallest absolute Gasteiger partial charge is 0.449 e. The number of amides is 3. The largest absolute Gasteiger partial charge is 0.511 e. The number of halogens is 3. The molecule has 2 heterocycles. The van der Waals surface area contributed by atoms with Crippen molar-refractivity contribution in [3.05, 3.63) is 53.9 Å². The third-order valence-corrected chi connectivity index (χ3v) is 4.81. The number of alkyl halides is 3. The van der Waals surface area contributed by atoms with E-state index < -0.39 is 59.1 Å². The second-order valence-corrected chi connectivity index (χ2v) is 6.82. The van der Waals surface area contributed by atoms with Crippen molar-refractivity contribution in [1.82, 2.24) is 15.5 Å². The van der Waals surface area contributed by atoms with Crippen LogP contribution in [0, 0.1) is 0 Å². The molecule has 0 radical (unpaired) electrons. The van der Waals surface area contributed by atoms with Crippen molar-refractivity contribution in [1.29, 1.82) is 0 Å². The van der Waals surface area contributed by atoms with Crippen molar-refractivity contribution in [3.63, 3.8) is 0 Å². The van der Waals surface area contributed by atoms with E-state index in [9.17, 15) is 27.6 Å². The van der Waals surface area contributed by atoms with E-state index in [4.69, 9.17) is 10.8 Å². The molecule has 0 bridgehead atoms. The SMILES string of the molecule is C=CC1CN(C2=NC=C(OC(=O)O)C(N)N2c2c(C(=O)NC)cccc2C(F)(F)F)C(=O)N1. The van der Waals surface area contributed by atoms with Crippen LogP contribution in [0.3, 0.4) is 0 Å². The molecule has 2 atom stereocenters. The Hall–Kier alpha value is -4.07. The summed E-state index contributed by atoms with van der Waals surface area (Å²) in [7, 11) is 1.22. The van der Waals surface area contributed by atoms with Crippen molar-refractivity contribution < 1.29 is 37.4 Å². The predicted octanol–water partition coefficient (Wildman–Crippen LogP) is 1.64. The minimum absolute atomic E-state index is 0.0587. The minimum atomic E-state index is -4.95. The number of carboxylic acid groups (broad SMARTS) is 1. The number of hydrogen-bond donors (Lipinski definition) is 4. The molecule has 5 N–H and O–H groups in total. The normalized spacial score (nSPS) is 20.6. The highest BCUT2D eigenvalue weighted by molar-refractivity contribution is 6.11. The van der Waals surface area contributed by atoms with Crippen LogP contribution in [-0.4, -0.2) is 59.9 Å². The van der Waals surface area contributed by atoms with Crippen LogP contribution < -0.4 is 21.3 Å². The van der Waals surface area contributed by atoms with Gasteiger partial charge in [0.05, 0.1) is 35.6 Å². The first-order valence-corrected chi connectivity index (χ1v) is 9.36. The highest BCUT2D eigenvalue weighted by Crippen LogP contribution is 2.41. The van der Waals surface area contributed by atoms with Gasteiger partial charge in [0.2, 0.25) is 5.96 Å². The number of ether oxygens (including phenoxy) is 1. The fourth-order valence-corrected chi connectivity index (χ4v) is 3.36. The summed E-state index contributed by atoms with van der Waals surface area (Å²) in [6.07, 6.45) is -6.11. The van der Waals surface area contributed by atoms with Gasteiger partial charge in [0, 0.05) is 7.05 Å². The van der Waals surface area contributed by atoms with Gasteiger partial charge < -0.3 is 26.2 Å². The third-order valence-electron chi connectivity index (χ3n) is 4.81. The van der Waals surface area contributed by atoms with Crippen LogP contribution >= 0.6 is 0 Å². The van der Waals surface area contributed by atoms with E-state index in [1.807, 2.05) is 0 Å². The number of benzene rings is 1. The first-order chi connectivity index (χ1) is 15.5. The number of carbonyl (C=O) groups is 3. The Kier molecular flexibility index (Phi) is 6.30. The molecule has 2 aliphatic rings. The van der Waals surface area contributed by atoms with E-state index in [1.165, 1.54) is 13.1 Å². The molecule has 3 amide bonds. The van der Waals surface area contributed by atoms with Gasteiger partial charge in [-0.2, -0.15) is 13.2 Å². The number of carbonyl (C=O) groups excluding carboxylic acids is 2. The van der Waals surface area contributed by atoms with Gasteiger partial charge in [-0.05, 0) is 12.1 Å². The number of para-hydroxylation sites is 1. The van der Waals surface area contributed by atoms with E-state index >= 15 is 0 Å². The Morgan fingerprint density at radius 3 is 2.67 bits per heavy atom. The first kappa shape index (κ1) is 23.6. The molecule has 2 unspecified atom stereocenters. The number of rotatable bonds is 4. The molecular formula is C19H19F3N6O5. The van der Waals surface area contributed by atoms with Crippen LogP contribution in [-0.2, 0) is 10.9 Å². The molecule has 3 rings (SSSR count). The molecule has 0 aliphatic carbocycles. The second kappa shape index (κ2) is 8.82. The molecule has 11 nitrogen and oxygen atoms in total. The summed E-state index contributed by atoms with van der Waals surface area (Å²) in [4.78, 5) is 41.8. The Morgan fingerprint density at radius 2 is 2.12 bits per heavy atom. The zero-order chi connectivity index (χ0) is 24.5. The van der Waals surface area contributed by atoms with Gasteiger partial charge in [0.15, 0.2) is 5.76 Å². The van der Waals surface area contributed by atoms with Gasteiger partial charge in [0.25, 0.3) is 5.91 Å². The van der Waals surface area contributed by atoms with E-state index in [-0.39, 0.29) is 12.5 Å². The van der Waals surface area contributed by atoms with Gasteiger partial charge in [-0.1, -0.05) is 12.1 Å². The number of aliphatic imine (C=N–C) groups is 1. The summed E-state index contributed by atoms with van der Waals surface area (Å²) in [6.45, 7) is 3.51. The van der Waals surface area contributed by atoms with Crippen LogP contribution in [0.2, 0.25) is 0 Å². The Morgan fingerprint density at radius 1 is 1.42 bits per heavy atom. The van der Waals surface area contributed by atoms with Gasteiger partial charge >= 0.3 is 18.4 Å². The lowest BCUT2D eigenvalue weighted by Gasteiger charge is -2.38. The molecule has 1 aromatic carbocycles. The van der Waals surface area contributed by atoms with Gasteiger partial charge in [-0.3, -0.25) is 14.6 Å². The molecule has 0 aromatic heterocycles. The Labute approximate surface area is 185 Å². The molecule has 0 spiro atoms. The number of nitrogens with two attached hydrogens (primary N) is 1. The summed E-state index contributed by atoms with van der Waals surface area (Å²) < 4.78 is 46.6. The molecule has 14 heteroatoms. The number of hydrogen-bond acceptors (Lipinski definition) is 7. The van der Waals surface area contributed by atoms with Gasteiger partial charge in [-0.15, -0.1) is 6.58 Å². The van der Waals surface area contributed by atoms with E-state index in [1.54, 1.807) is 0 Å². The summed E-state index contributed by atoms with van der Waals surface area (Å²) in [6, 6.07) is 1.62. The zero-order valence-electron chi connectivity index (χ0n) is 17.1. The van der Waals surface area contributed by atoms with E-state index in [0.717, 1.165) is 34.2 Å². The predicted molar refractivity (Wildman–Crippen MR) is 109 cm³/mol. The molecule has 1 aromatic rings. The van der Waals surface area contributed by atoms with E-state index in [0.29, 0.717) is 0 Å². The maximum absolute atomic E-state index is 14.0. The molecule has 0 saturated carbocycles. The quantitative estimate of drug-likeness (QED) is 0.388. The Balaban J connectivity index is 2.27. The number of urea groups is 1. The summed E-state index contributed by atoms with van der Waals surface area (Å²) in [5.41, 5.74) is 3.68. The fraction of sp³-hybridized carbons (Fsp3) is 0.263. The average molecular weight is 468 g/mol.